The van der Waals surface area contributed by atoms with Crippen molar-refractivity contribution in [2.45, 2.75) is 19.2 Å². The number of primary amides is 1. The molecule has 1 atom stereocenters. The molecule has 4 N–H and O–H groups in total. The van der Waals surface area contributed by atoms with E-state index in [2.05, 4.69) is 0 Å². The number of aromatic hydroxyl groups is 1. The number of amides is 1. The largest absolute Gasteiger partial charge is 0.494 e. The molecule has 0 saturated carbocycles. The van der Waals surface area contributed by atoms with Crippen molar-refractivity contribution < 1.29 is 22.9 Å². The molecule has 1 aromatic rings. The molecular formula is C9H12N2O6S. The maximum absolute atomic E-state index is 11.9. The molecule has 0 saturated heterocycles. The number of carbonyl (C=O) groups excluding carboxylic acids is 1. The van der Waals surface area contributed by atoms with Crippen LogP contribution in [0.15, 0.2) is 10.9 Å². The van der Waals surface area contributed by atoms with Gasteiger partial charge in [0.15, 0.2) is 11.3 Å². The van der Waals surface area contributed by atoms with Gasteiger partial charge >= 0.3 is 0 Å². The van der Waals surface area contributed by atoms with Crippen LogP contribution in [-0.2, 0) is 10.1 Å². The minimum atomic E-state index is -4.61. The summed E-state index contributed by atoms with van der Waals surface area (Å²) in [5, 5.41) is 7.81. The Morgan fingerprint density at radius 3 is 2.39 bits per heavy atom. The lowest BCUT2D eigenvalue weighted by Gasteiger charge is -2.15. The summed E-state index contributed by atoms with van der Waals surface area (Å²) < 4.78 is 31.2. The first-order valence-electron chi connectivity index (χ1n) is 4.78. The zero-order valence-corrected chi connectivity index (χ0v) is 10.4. The van der Waals surface area contributed by atoms with Gasteiger partial charge < -0.3 is 10.8 Å². The molecule has 0 aliphatic rings. The lowest BCUT2D eigenvalue weighted by Crippen LogP contribution is -2.34. The molecule has 0 spiro atoms. The van der Waals surface area contributed by atoms with E-state index in [9.17, 15) is 23.1 Å². The van der Waals surface area contributed by atoms with E-state index < -0.39 is 38.4 Å². The average molecular weight is 276 g/mol. The van der Waals surface area contributed by atoms with E-state index in [-0.39, 0.29) is 5.56 Å². The average Bonchev–Trinajstić information content (AvgIpc) is 2.13. The summed E-state index contributed by atoms with van der Waals surface area (Å²) in [6, 6.07) is 1.02. The molecule has 18 heavy (non-hydrogen) atoms. The highest BCUT2D eigenvalue weighted by Gasteiger charge is 2.26. The molecule has 1 aromatic heterocycles. The van der Waals surface area contributed by atoms with Crippen LogP contribution in [0.25, 0.3) is 0 Å². The Kier molecular flexibility index (Phi) is 3.49. The summed E-state index contributed by atoms with van der Waals surface area (Å²) in [6.07, 6.45) is 0. The monoisotopic (exact) mass is 276 g/mol. The quantitative estimate of drug-likeness (QED) is 0.628. The van der Waals surface area contributed by atoms with Crippen molar-refractivity contribution in [3.8, 4) is 5.88 Å². The Bertz CT molecular complexity index is 660. The van der Waals surface area contributed by atoms with Crippen LogP contribution >= 0.6 is 0 Å². The van der Waals surface area contributed by atoms with Gasteiger partial charge in [0.25, 0.3) is 21.6 Å². The first-order valence-corrected chi connectivity index (χ1v) is 6.29. The molecule has 0 aliphatic carbocycles. The number of nitrogens with two attached hydrogens (primary N) is 1. The van der Waals surface area contributed by atoms with Gasteiger partial charge in [-0.05, 0) is 19.4 Å². The molecule has 1 heterocycles. The molecular weight excluding hydrogens is 264 g/mol. The van der Waals surface area contributed by atoms with E-state index in [1.165, 1.54) is 6.92 Å². The predicted octanol–water partition coefficient (Wildman–Crippen LogP) is -0.632. The fourth-order valence-corrected chi connectivity index (χ4v) is 1.98. The van der Waals surface area contributed by atoms with Crippen LogP contribution in [-0.4, -0.2) is 28.6 Å². The Morgan fingerprint density at radius 1 is 1.50 bits per heavy atom. The van der Waals surface area contributed by atoms with Crippen LogP contribution in [0.3, 0.4) is 0 Å². The van der Waals surface area contributed by atoms with Crippen molar-refractivity contribution in [3.05, 3.63) is 27.5 Å². The van der Waals surface area contributed by atoms with E-state index in [4.69, 9.17) is 10.3 Å². The highest BCUT2D eigenvalue weighted by molar-refractivity contribution is 7.85. The van der Waals surface area contributed by atoms with Gasteiger partial charge in [0.1, 0.15) is 5.56 Å². The molecule has 0 fully saturated rings. The summed E-state index contributed by atoms with van der Waals surface area (Å²) >= 11 is 0. The van der Waals surface area contributed by atoms with E-state index in [0.717, 1.165) is 13.0 Å². The van der Waals surface area contributed by atoms with Gasteiger partial charge in [-0.15, -0.1) is 0 Å². The first kappa shape index (κ1) is 14.2. The summed E-state index contributed by atoms with van der Waals surface area (Å²) in [4.78, 5) is 23.0. The number of hydrogen-bond donors (Lipinski definition) is 3. The Labute approximate surface area is 102 Å². The van der Waals surface area contributed by atoms with Crippen molar-refractivity contribution in [3.63, 3.8) is 0 Å². The molecule has 0 bridgehead atoms. The molecule has 0 aliphatic heterocycles. The van der Waals surface area contributed by atoms with Crippen molar-refractivity contribution in [1.29, 1.82) is 0 Å². The van der Waals surface area contributed by atoms with E-state index in [0.29, 0.717) is 4.57 Å². The second kappa shape index (κ2) is 4.42. The van der Waals surface area contributed by atoms with Gasteiger partial charge in [-0.3, -0.25) is 18.7 Å². The van der Waals surface area contributed by atoms with Crippen LogP contribution in [0.2, 0.25) is 0 Å². The smallest absolute Gasteiger partial charge is 0.286 e. The third kappa shape index (κ3) is 2.36. The van der Waals surface area contributed by atoms with Gasteiger partial charge in [0, 0.05) is 6.07 Å². The highest BCUT2D eigenvalue weighted by Crippen LogP contribution is 2.20. The topological polar surface area (TPSA) is 140 Å². The maximum atomic E-state index is 11.9. The number of rotatable bonds is 3. The number of carbonyl (C=O) groups is 1. The molecule has 8 nitrogen and oxygen atoms in total. The molecule has 1 unspecified atom stereocenters. The van der Waals surface area contributed by atoms with Gasteiger partial charge in [-0.1, -0.05) is 0 Å². The van der Waals surface area contributed by atoms with Crippen molar-refractivity contribution in [2.75, 3.05) is 0 Å². The normalized spacial score (nSPS) is 13.3. The van der Waals surface area contributed by atoms with Gasteiger partial charge in [-0.25, -0.2) is 0 Å². The van der Waals surface area contributed by atoms with Gasteiger partial charge in [-0.2, -0.15) is 8.42 Å². The zero-order chi connectivity index (χ0) is 14.2. The number of aryl methyl sites for hydroxylation is 1. The molecule has 9 heteroatoms. The van der Waals surface area contributed by atoms with Crippen LogP contribution in [0, 0.1) is 6.92 Å². The van der Waals surface area contributed by atoms with E-state index >= 15 is 0 Å². The van der Waals surface area contributed by atoms with Crippen molar-refractivity contribution in [2.24, 2.45) is 5.73 Å². The van der Waals surface area contributed by atoms with Gasteiger partial charge in [0.2, 0.25) is 0 Å². The standard InChI is InChI=1S/C9H12N2O6S/c1-4-3-6(12)11(5(2)18(15,16)17)9(14)7(4)8(10)13/h3,5,12H,1-2H3,(H2,10,13)(H,15,16,17). The summed E-state index contributed by atoms with van der Waals surface area (Å²) in [6.45, 7) is 2.35. The minimum absolute atomic E-state index is 0.115. The number of nitrogens with zero attached hydrogens (tertiary/aromatic N) is 1. The molecule has 1 amide bonds. The Morgan fingerprint density at radius 2 is 2.00 bits per heavy atom. The summed E-state index contributed by atoms with van der Waals surface area (Å²) in [5.41, 5.74) is 3.59. The second-order valence-electron chi connectivity index (χ2n) is 3.71. The van der Waals surface area contributed by atoms with Crippen LogP contribution in [0.1, 0.15) is 28.2 Å². The third-order valence-electron chi connectivity index (χ3n) is 2.46. The zero-order valence-electron chi connectivity index (χ0n) is 9.61. The lowest BCUT2D eigenvalue weighted by molar-refractivity contribution is 0.0997. The maximum Gasteiger partial charge on any atom is 0.286 e. The SMILES string of the molecule is Cc1cc(O)n(C(C)S(=O)(=O)O)c(=O)c1C(N)=O. The first-order chi connectivity index (χ1) is 8.07. The van der Waals surface area contributed by atoms with Crippen LogP contribution in [0.4, 0.5) is 0 Å². The van der Waals surface area contributed by atoms with E-state index in [1.807, 2.05) is 0 Å². The van der Waals surface area contributed by atoms with E-state index in [1.54, 1.807) is 0 Å². The molecule has 100 valence electrons. The fraction of sp³-hybridized carbons (Fsp3) is 0.333. The third-order valence-corrected chi connectivity index (χ3v) is 3.53. The van der Waals surface area contributed by atoms with Crippen molar-refractivity contribution >= 4 is 16.0 Å². The Balaban J connectivity index is 3.72. The van der Waals surface area contributed by atoms with Crippen molar-refractivity contribution in [1.82, 2.24) is 4.57 Å². The molecule has 0 radical (unpaired) electrons. The van der Waals surface area contributed by atoms with Crippen LogP contribution in [0.5, 0.6) is 5.88 Å². The fourth-order valence-electron chi connectivity index (χ4n) is 1.51. The Hall–Kier alpha value is -1.87. The molecule has 0 aromatic carbocycles. The van der Waals surface area contributed by atoms with Crippen LogP contribution < -0.4 is 11.3 Å². The predicted molar refractivity (Wildman–Crippen MR) is 61.9 cm³/mol. The summed E-state index contributed by atoms with van der Waals surface area (Å²) in [5.74, 6) is -1.73. The highest BCUT2D eigenvalue weighted by atomic mass is 32.2. The minimum Gasteiger partial charge on any atom is -0.494 e. The second-order valence-corrected chi connectivity index (χ2v) is 5.43. The molecule has 1 rings (SSSR count). The number of pyridine rings is 1. The lowest BCUT2D eigenvalue weighted by atomic mass is 10.1. The number of hydrogen-bond acceptors (Lipinski definition) is 5. The number of aromatic nitrogens is 1. The summed E-state index contributed by atoms with van der Waals surface area (Å²) in [7, 11) is -4.61. The van der Waals surface area contributed by atoms with Gasteiger partial charge in [0.05, 0.1) is 0 Å².